The molecule has 2 fully saturated rings. The number of hydrogen-bond donors (Lipinski definition) is 2. The number of benzene rings is 1. The van der Waals surface area contributed by atoms with Crippen LogP contribution in [0.15, 0.2) is 6.07 Å². The van der Waals surface area contributed by atoms with E-state index in [0.29, 0.717) is 13.1 Å². The van der Waals surface area contributed by atoms with Gasteiger partial charge in [0.25, 0.3) is 0 Å². The van der Waals surface area contributed by atoms with Crippen molar-refractivity contribution in [1.82, 2.24) is 9.62 Å². The molecule has 0 aromatic heterocycles. The Labute approximate surface area is 209 Å². The van der Waals surface area contributed by atoms with Gasteiger partial charge in [-0.05, 0) is 108 Å². The van der Waals surface area contributed by atoms with Crippen molar-refractivity contribution in [1.29, 1.82) is 0 Å². The summed E-state index contributed by atoms with van der Waals surface area (Å²) in [5, 5.41) is 2.35. The van der Waals surface area contributed by atoms with Crippen LogP contribution in [0.3, 0.4) is 0 Å². The van der Waals surface area contributed by atoms with Gasteiger partial charge in [0.05, 0.1) is 11.2 Å². The topological polar surface area (TPSA) is 97.0 Å². The van der Waals surface area contributed by atoms with Crippen LogP contribution in [0.25, 0.3) is 0 Å². The van der Waals surface area contributed by atoms with E-state index in [1.54, 1.807) is 0 Å². The van der Waals surface area contributed by atoms with Gasteiger partial charge in [0.15, 0.2) is 0 Å². The molecule has 0 bridgehead atoms. The number of anilines is 1. The number of sulfonamides is 1. The lowest BCUT2D eigenvalue weighted by Gasteiger charge is -2.38. The third-order valence-electron chi connectivity index (χ3n) is 8.53. The van der Waals surface area contributed by atoms with E-state index in [-0.39, 0.29) is 18.3 Å². The Hall–Kier alpha value is -1.62. The summed E-state index contributed by atoms with van der Waals surface area (Å²) >= 11 is 0. The molecule has 8 nitrogen and oxygen atoms in total. The molecule has 35 heavy (non-hydrogen) atoms. The molecule has 0 atom stereocenters. The average Bonchev–Trinajstić information content (AvgIpc) is 3.41. The number of carbonyl (C=O) groups excluding carboxylic acids is 1. The van der Waals surface area contributed by atoms with Gasteiger partial charge in [0.2, 0.25) is 10.0 Å². The fourth-order valence-corrected chi connectivity index (χ4v) is 7.07. The maximum atomic E-state index is 12.8. The third-order valence-corrected chi connectivity index (χ3v) is 10.2. The predicted molar refractivity (Wildman–Crippen MR) is 137 cm³/mol. The van der Waals surface area contributed by atoms with Gasteiger partial charge < -0.3 is 19.5 Å². The van der Waals surface area contributed by atoms with Crippen molar-refractivity contribution >= 4 is 28.9 Å². The molecular weight excluding hydrogens is 465 g/mol. The van der Waals surface area contributed by atoms with E-state index in [2.05, 4.69) is 21.0 Å². The molecule has 2 aliphatic carbocycles. The quantitative estimate of drug-likeness (QED) is 0.555. The molecule has 2 saturated heterocycles. The Morgan fingerprint density at radius 2 is 1.60 bits per heavy atom. The fraction of sp³-hybridized carbons (Fsp3) is 0.720. The van der Waals surface area contributed by atoms with Crippen molar-refractivity contribution in [2.45, 2.75) is 95.4 Å². The van der Waals surface area contributed by atoms with Gasteiger partial charge >= 0.3 is 13.1 Å². The zero-order valence-corrected chi connectivity index (χ0v) is 22.2. The zero-order chi connectivity index (χ0) is 25.0. The lowest BCUT2D eigenvalue weighted by Crippen LogP contribution is -2.58. The Kier molecular flexibility index (Phi) is 6.47. The molecule has 192 valence electrons. The van der Waals surface area contributed by atoms with Crippen molar-refractivity contribution in [3.8, 4) is 0 Å². The van der Waals surface area contributed by atoms with Crippen LogP contribution in [-0.4, -0.2) is 62.6 Å². The van der Waals surface area contributed by atoms with Crippen LogP contribution in [0.1, 0.15) is 69.2 Å². The molecular formula is C25H38BN3O5S. The van der Waals surface area contributed by atoms with Crippen LogP contribution in [0.2, 0.25) is 6.32 Å². The Bertz CT molecular complexity index is 1070. The summed E-state index contributed by atoms with van der Waals surface area (Å²) < 4.78 is 40.0. The normalized spacial score (nSPS) is 23.1. The summed E-state index contributed by atoms with van der Waals surface area (Å²) in [6.07, 6.45) is 7.74. The van der Waals surface area contributed by atoms with E-state index in [0.717, 1.165) is 63.5 Å². The molecule has 10 heteroatoms. The lowest BCUT2D eigenvalue weighted by molar-refractivity contribution is 0.00578. The number of rotatable bonds is 7. The maximum absolute atomic E-state index is 12.8. The van der Waals surface area contributed by atoms with Gasteiger partial charge in [0.1, 0.15) is 5.25 Å². The van der Waals surface area contributed by atoms with Gasteiger partial charge in [-0.3, -0.25) is 0 Å². The summed E-state index contributed by atoms with van der Waals surface area (Å²) in [7, 11) is -3.96. The zero-order valence-electron chi connectivity index (χ0n) is 21.4. The highest BCUT2D eigenvalue weighted by atomic mass is 32.2. The molecule has 0 spiro atoms. The molecule has 2 aliphatic heterocycles. The summed E-state index contributed by atoms with van der Waals surface area (Å²) in [4.78, 5) is 14.8. The SMILES string of the molecule is CC1(C)OB(CCCN2CC(S(=O)(=O)NC(=O)Nc3c4c(cc5c3CCC5)CCC4)C2)OC1(C)C. The van der Waals surface area contributed by atoms with Crippen LogP contribution >= 0.6 is 0 Å². The average molecular weight is 503 g/mol. The van der Waals surface area contributed by atoms with Crippen molar-refractivity contribution in [2.75, 3.05) is 25.0 Å². The summed E-state index contributed by atoms with van der Waals surface area (Å²) in [5.74, 6) is 0. The highest BCUT2D eigenvalue weighted by molar-refractivity contribution is 7.90. The van der Waals surface area contributed by atoms with Crippen molar-refractivity contribution < 1.29 is 22.5 Å². The summed E-state index contributed by atoms with van der Waals surface area (Å²) in [5.41, 5.74) is 5.18. The fourth-order valence-electron chi connectivity index (χ4n) is 5.78. The van der Waals surface area contributed by atoms with Crippen LogP contribution in [-0.2, 0) is 45.0 Å². The van der Waals surface area contributed by atoms with E-state index < -0.39 is 21.3 Å². The standard InChI is InChI=1S/C25H38BN3O5S/c1-24(2)25(3,4)34-26(33-24)12-7-13-29-15-19(16-29)35(31,32)28-23(30)27-22-20-10-5-8-17(20)14-18-9-6-11-21(18)22/h14,19H,5-13,15-16H2,1-4H3,(H2,27,28,30). The second-order valence-electron chi connectivity index (χ2n) is 11.5. The number of urea groups is 1. The van der Waals surface area contributed by atoms with Gasteiger partial charge in [-0.15, -0.1) is 0 Å². The molecule has 2 amide bonds. The minimum Gasteiger partial charge on any atom is -0.403 e. The van der Waals surface area contributed by atoms with Gasteiger partial charge in [-0.1, -0.05) is 6.07 Å². The first kappa shape index (κ1) is 25.1. The monoisotopic (exact) mass is 503 g/mol. The minimum atomic E-state index is -3.73. The molecule has 1 aromatic rings. The lowest BCUT2D eigenvalue weighted by atomic mass is 9.83. The van der Waals surface area contributed by atoms with Crippen LogP contribution in [0, 0.1) is 0 Å². The minimum absolute atomic E-state index is 0.230. The van der Waals surface area contributed by atoms with Gasteiger partial charge in [0, 0.05) is 18.8 Å². The number of aryl methyl sites for hydroxylation is 2. The first-order valence-electron chi connectivity index (χ1n) is 13.0. The van der Waals surface area contributed by atoms with Crippen LogP contribution in [0.5, 0.6) is 0 Å². The predicted octanol–water partition coefficient (Wildman–Crippen LogP) is 3.28. The van der Waals surface area contributed by atoms with E-state index in [4.69, 9.17) is 9.31 Å². The van der Waals surface area contributed by atoms with E-state index in [1.807, 2.05) is 27.7 Å². The highest BCUT2D eigenvalue weighted by Crippen LogP contribution is 2.39. The molecule has 0 radical (unpaired) electrons. The Morgan fingerprint density at radius 3 is 2.17 bits per heavy atom. The smallest absolute Gasteiger partial charge is 0.403 e. The van der Waals surface area contributed by atoms with Crippen molar-refractivity contribution in [3.63, 3.8) is 0 Å². The van der Waals surface area contributed by atoms with E-state index in [9.17, 15) is 13.2 Å². The molecule has 4 aliphatic rings. The molecule has 2 N–H and O–H groups in total. The number of carbonyl (C=O) groups is 1. The van der Waals surface area contributed by atoms with Gasteiger partial charge in [-0.2, -0.15) is 0 Å². The van der Waals surface area contributed by atoms with Crippen molar-refractivity contribution in [3.05, 3.63) is 28.3 Å². The molecule has 5 rings (SSSR count). The number of fused-ring (bicyclic) bond motifs is 2. The Balaban J connectivity index is 1.09. The van der Waals surface area contributed by atoms with Crippen LogP contribution in [0.4, 0.5) is 10.5 Å². The third kappa shape index (κ3) is 4.87. The number of likely N-dealkylation sites (tertiary alicyclic amines) is 1. The second-order valence-corrected chi connectivity index (χ2v) is 13.5. The van der Waals surface area contributed by atoms with Crippen LogP contribution < -0.4 is 10.0 Å². The maximum Gasteiger partial charge on any atom is 0.457 e. The molecule has 2 heterocycles. The number of nitrogens with one attached hydrogen (secondary N) is 2. The second kappa shape index (κ2) is 9.05. The number of hydrogen-bond acceptors (Lipinski definition) is 6. The molecule has 1 aromatic carbocycles. The number of nitrogens with zero attached hydrogens (tertiary/aromatic N) is 1. The summed E-state index contributed by atoms with van der Waals surface area (Å²) in [6.45, 7) is 9.81. The molecule has 0 unspecified atom stereocenters. The van der Waals surface area contributed by atoms with E-state index >= 15 is 0 Å². The first-order chi connectivity index (χ1) is 16.5. The largest absolute Gasteiger partial charge is 0.457 e. The van der Waals surface area contributed by atoms with E-state index in [1.165, 1.54) is 22.3 Å². The molecule has 0 saturated carbocycles. The Morgan fingerprint density at radius 1 is 1.03 bits per heavy atom. The first-order valence-corrected chi connectivity index (χ1v) is 14.6. The van der Waals surface area contributed by atoms with Crippen molar-refractivity contribution in [2.24, 2.45) is 0 Å². The van der Waals surface area contributed by atoms with Gasteiger partial charge in [-0.25, -0.2) is 17.9 Å². The summed E-state index contributed by atoms with van der Waals surface area (Å²) in [6, 6.07) is 1.65. The highest BCUT2D eigenvalue weighted by Gasteiger charge is 2.50. The number of amides is 2.